The minimum atomic E-state index is -0.892. The number of aromatic nitrogens is 1. The molecule has 0 fully saturated rings. The van der Waals surface area contributed by atoms with Crippen LogP contribution >= 0.6 is 11.8 Å². The SMILES string of the molecule is C#Cc1cnc2c(C)cc(OC(SC)C(=O)NC(C)(C)C(=C)C=C(OC)C(=O)OC)cc2c1. The van der Waals surface area contributed by atoms with Crippen molar-refractivity contribution in [3.8, 4) is 18.1 Å². The van der Waals surface area contributed by atoms with Gasteiger partial charge in [0.15, 0.2) is 0 Å². The van der Waals surface area contributed by atoms with E-state index < -0.39 is 16.9 Å². The highest BCUT2D eigenvalue weighted by molar-refractivity contribution is 7.99. The lowest BCUT2D eigenvalue weighted by atomic mass is 9.94. The molecule has 0 saturated heterocycles. The molecule has 1 atom stereocenters. The lowest BCUT2D eigenvalue weighted by molar-refractivity contribution is -0.139. The van der Waals surface area contributed by atoms with Crippen LogP contribution in [-0.2, 0) is 19.1 Å². The molecule has 0 spiro atoms. The van der Waals surface area contributed by atoms with Gasteiger partial charge in [-0.15, -0.1) is 18.2 Å². The Morgan fingerprint density at radius 2 is 1.97 bits per heavy atom. The molecule has 33 heavy (non-hydrogen) atoms. The molecule has 0 bridgehead atoms. The molecule has 1 aromatic heterocycles. The van der Waals surface area contributed by atoms with Crippen molar-refractivity contribution in [3.05, 3.63) is 59.5 Å². The molecule has 1 unspecified atom stereocenters. The van der Waals surface area contributed by atoms with E-state index in [2.05, 4.69) is 27.5 Å². The van der Waals surface area contributed by atoms with Crippen molar-refractivity contribution >= 4 is 34.5 Å². The highest BCUT2D eigenvalue weighted by Crippen LogP contribution is 2.27. The number of hydrogen-bond donors (Lipinski definition) is 1. The molecule has 0 aliphatic carbocycles. The Bertz CT molecular complexity index is 1150. The van der Waals surface area contributed by atoms with E-state index in [1.807, 2.05) is 19.1 Å². The zero-order valence-electron chi connectivity index (χ0n) is 19.6. The van der Waals surface area contributed by atoms with Crippen LogP contribution < -0.4 is 10.1 Å². The number of hydrogen-bond acceptors (Lipinski definition) is 7. The number of ether oxygens (including phenoxy) is 3. The van der Waals surface area contributed by atoms with Gasteiger partial charge in [-0.2, -0.15) is 0 Å². The van der Waals surface area contributed by atoms with Crippen LogP contribution in [0.5, 0.6) is 5.75 Å². The molecule has 1 aromatic carbocycles. The maximum Gasteiger partial charge on any atom is 0.373 e. The largest absolute Gasteiger partial charge is 0.490 e. The Morgan fingerprint density at radius 3 is 2.55 bits per heavy atom. The van der Waals surface area contributed by atoms with Crippen molar-refractivity contribution in [3.63, 3.8) is 0 Å². The van der Waals surface area contributed by atoms with Gasteiger partial charge in [-0.3, -0.25) is 9.78 Å². The van der Waals surface area contributed by atoms with Crippen molar-refractivity contribution in [2.24, 2.45) is 0 Å². The van der Waals surface area contributed by atoms with E-state index in [0.29, 0.717) is 16.9 Å². The monoisotopic (exact) mass is 468 g/mol. The van der Waals surface area contributed by atoms with E-state index in [4.69, 9.17) is 15.9 Å². The predicted octanol–water partition coefficient (Wildman–Crippen LogP) is 3.75. The first-order chi connectivity index (χ1) is 15.6. The number of amides is 1. The van der Waals surface area contributed by atoms with E-state index in [0.717, 1.165) is 16.5 Å². The normalized spacial score (nSPS) is 12.5. The fraction of sp³-hybridized carbons (Fsp3) is 0.320. The number of carbonyl (C=O) groups is 2. The lowest BCUT2D eigenvalue weighted by Gasteiger charge is -2.29. The van der Waals surface area contributed by atoms with Gasteiger partial charge in [0.1, 0.15) is 5.75 Å². The first-order valence-corrected chi connectivity index (χ1v) is 11.3. The Morgan fingerprint density at radius 1 is 1.27 bits per heavy atom. The van der Waals surface area contributed by atoms with Crippen LogP contribution in [0.15, 0.2) is 48.4 Å². The Kier molecular flexibility index (Phi) is 8.55. The summed E-state index contributed by atoms with van der Waals surface area (Å²) >= 11 is 1.24. The van der Waals surface area contributed by atoms with Gasteiger partial charge >= 0.3 is 5.97 Å². The third-order valence-corrected chi connectivity index (χ3v) is 5.67. The number of nitrogens with one attached hydrogen (secondary N) is 1. The van der Waals surface area contributed by atoms with E-state index in [-0.39, 0.29) is 11.7 Å². The molecule has 2 rings (SSSR count). The molecule has 174 valence electrons. The van der Waals surface area contributed by atoms with Gasteiger partial charge in [-0.1, -0.05) is 12.5 Å². The number of terminal acetylenes is 1. The summed E-state index contributed by atoms with van der Waals surface area (Å²) in [5, 5.41) is 3.74. The summed E-state index contributed by atoms with van der Waals surface area (Å²) in [5.74, 6) is 2.08. The third kappa shape index (κ3) is 6.30. The van der Waals surface area contributed by atoms with Gasteiger partial charge in [-0.05, 0) is 62.4 Å². The quantitative estimate of drug-likeness (QED) is 0.150. The van der Waals surface area contributed by atoms with Gasteiger partial charge in [0, 0.05) is 17.1 Å². The number of rotatable bonds is 9. The highest BCUT2D eigenvalue weighted by Gasteiger charge is 2.29. The summed E-state index contributed by atoms with van der Waals surface area (Å²) in [7, 11) is 2.61. The number of thioether (sulfide) groups is 1. The number of carbonyl (C=O) groups excluding carboxylic acids is 2. The van der Waals surface area contributed by atoms with Crippen molar-refractivity contribution in [1.82, 2.24) is 10.3 Å². The lowest BCUT2D eigenvalue weighted by Crippen LogP contribution is -2.49. The molecule has 0 aliphatic rings. The first-order valence-electron chi connectivity index (χ1n) is 9.98. The summed E-state index contributed by atoms with van der Waals surface area (Å²) in [4.78, 5) is 29.2. The van der Waals surface area contributed by atoms with Gasteiger partial charge in [0.2, 0.25) is 11.2 Å². The van der Waals surface area contributed by atoms with Gasteiger partial charge in [-0.25, -0.2) is 4.79 Å². The van der Waals surface area contributed by atoms with E-state index in [1.54, 1.807) is 32.4 Å². The average molecular weight is 469 g/mol. The summed E-state index contributed by atoms with van der Waals surface area (Å²) in [6.45, 7) is 9.41. The molecule has 1 heterocycles. The van der Waals surface area contributed by atoms with Crippen LogP contribution in [0.1, 0.15) is 25.0 Å². The Hall–Kier alpha value is -3.44. The summed E-state index contributed by atoms with van der Waals surface area (Å²) in [6, 6.07) is 5.49. The standard InChI is InChI=1S/C25H28N2O5S/c1-9-17-12-18-13-19(10-15(2)21(18)26-14-17)32-24(33-8)22(28)27-25(4,5)16(3)11-20(30-6)23(29)31-7/h1,10-14,24H,3H2,2,4-8H3,(H,27,28). The molecule has 0 saturated carbocycles. The summed E-state index contributed by atoms with van der Waals surface area (Å²) < 4.78 is 15.7. The van der Waals surface area contributed by atoms with Gasteiger partial charge in [0.25, 0.3) is 5.91 Å². The molecule has 7 nitrogen and oxygen atoms in total. The number of benzene rings is 1. The van der Waals surface area contributed by atoms with Crippen molar-refractivity contribution in [2.45, 2.75) is 31.7 Å². The van der Waals surface area contributed by atoms with E-state index in [9.17, 15) is 9.59 Å². The molecule has 1 amide bonds. The fourth-order valence-corrected chi connectivity index (χ4v) is 3.45. The first kappa shape index (κ1) is 25.8. The van der Waals surface area contributed by atoms with Crippen LogP contribution in [-0.4, -0.2) is 48.3 Å². The van der Waals surface area contributed by atoms with E-state index in [1.165, 1.54) is 32.1 Å². The zero-order chi connectivity index (χ0) is 24.8. The Labute approximate surface area is 198 Å². The number of pyridine rings is 1. The topological polar surface area (TPSA) is 86.8 Å². The van der Waals surface area contributed by atoms with Crippen molar-refractivity contribution in [1.29, 1.82) is 0 Å². The number of nitrogens with zero attached hydrogens (tertiary/aromatic N) is 1. The summed E-state index contributed by atoms with van der Waals surface area (Å²) in [6.07, 6.45) is 10.3. The van der Waals surface area contributed by atoms with Gasteiger partial charge in [0.05, 0.1) is 25.3 Å². The molecule has 0 radical (unpaired) electrons. The molecular weight excluding hydrogens is 440 g/mol. The molecule has 8 heteroatoms. The number of aryl methyl sites for hydroxylation is 1. The predicted molar refractivity (Wildman–Crippen MR) is 131 cm³/mol. The average Bonchev–Trinajstić information content (AvgIpc) is 2.79. The molecule has 0 aliphatic heterocycles. The molecular formula is C25H28N2O5S. The molecule has 2 aromatic rings. The smallest absolute Gasteiger partial charge is 0.373 e. The van der Waals surface area contributed by atoms with Crippen LogP contribution in [0.3, 0.4) is 0 Å². The van der Waals surface area contributed by atoms with Crippen LogP contribution in [0.4, 0.5) is 0 Å². The van der Waals surface area contributed by atoms with Gasteiger partial charge < -0.3 is 19.5 Å². The minimum Gasteiger partial charge on any atom is -0.490 e. The maximum absolute atomic E-state index is 13.0. The zero-order valence-corrected chi connectivity index (χ0v) is 20.5. The number of methoxy groups -OCH3 is 2. The number of fused-ring (bicyclic) bond motifs is 1. The van der Waals surface area contributed by atoms with Crippen molar-refractivity contribution < 1.29 is 23.8 Å². The van der Waals surface area contributed by atoms with E-state index >= 15 is 0 Å². The van der Waals surface area contributed by atoms with Crippen molar-refractivity contribution in [2.75, 3.05) is 20.5 Å². The highest BCUT2D eigenvalue weighted by atomic mass is 32.2. The van der Waals surface area contributed by atoms with Crippen LogP contribution in [0.2, 0.25) is 0 Å². The molecule has 1 N–H and O–H groups in total. The van der Waals surface area contributed by atoms with Crippen LogP contribution in [0.25, 0.3) is 10.9 Å². The minimum absolute atomic E-state index is 0.0194. The summed E-state index contributed by atoms with van der Waals surface area (Å²) in [5.41, 5.74) is 1.11. The maximum atomic E-state index is 13.0. The number of esters is 1. The second kappa shape index (κ2) is 10.9. The second-order valence-electron chi connectivity index (χ2n) is 7.71. The fourth-order valence-electron chi connectivity index (χ4n) is 2.96. The second-order valence-corrected chi connectivity index (χ2v) is 8.61. The third-order valence-electron chi connectivity index (χ3n) is 4.94. The van der Waals surface area contributed by atoms with Crippen LogP contribution in [0, 0.1) is 19.3 Å². The Balaban J connectivity index is 2.22.